The standard InChI is InChI=1S/C22H16BrN3O2/c1-28-19-7-5-16(6-8-19)21-25-20(13-15-9-11-24-12-10-15)22(27)26(21)18-4-2-3-17(23)14-18/h2-14H,1H3/b20-13+. The molecule has 0 saturated heterocycles. The van der Waals surface area contributed by atoms with E-state index in [1.165, 1.54) is 0 Å². The molecule has 1 aromatic heterocycles. The first-order valence-corrected chi connectivity index (χ1v) is 9.40. The number of ether oxygens (including phenoxy) is 1. The van der Waals surface area contributed by atoms with Gasteiger partial charge >= 0.3 is 0 Å². The maximum Gasteiger partial charge on any atom is 0.282 e. The molecule has 1 aliphatic rings. The van der Waals surface area contributed by atoms with Crippen LogP contribution in [0.15, 0.2) is 88.2 Å². The van der Waals surface area contributed by atoms with Gasteiger partial charge in [0.05, 0.1) is 12.8 Å². The summed E-state index contributed by atoms with van der Waals surface area (Å²) in [6.07, 6.45) is 5.14. The first-order chi connectivity index (χ1) is 13.7. The number of amides is 1. The van der Waals surface area contributed by atoms with E-state index >= 15 is 0 Å². The Morgan fingerprint density at radius 3 is 2.46 bits per heavy atom. The molecule has 0 spiro atoms. The minimum atomic E-state index is -0.180. The van der Waals surface area contributed by atoms with Crippen LogP contribution in [0.5, 0.6) is 5.75 Å². The molecule has 0 N–H and O–H groups in total. The molecule has 5 nitrogen and oxygen atoms in total. The number of halogens is 1. The molecular formula is C22H16BrN3O2. The SMILES string of the molecule is COc1ccc(C2=N/C(=C/c3ccncc3)C(=O)N2c2cccc(Br)c2)cc1. The predicted molar refractivity (Wildman–Crippen MR) is 113 cm³/mol. The number of methoxy groups -OCH3 is 1. The largest absolute Gasteiger partial charge is 0.497 e. The van der Waals surface area contributed by atoms with E-state index in [0.29, 0.717) is 11.5 Å². The molecule has 0 atom stereocenters. The van der Waals surface area contributed by atoms with Crippen molar-refractivity contribution in [1.29, 1.82) is 0 Å². The Morgan fingerprint density at radius 1 is 1.04 bits per heavy atom. The fourth-order valence-electron chi connectivity index (χ4n) is 2.92. The highest BCUT2D eigenvalue weighted by atomic mass is 79.9. The first kappa shape index (κ1) is 18.1. The van der Waals surface area contributed by atoms with Gasteiger partial charge in [-0.15, -0.1) is 0 Å². The second kappa shape index (κ2) is 7.78. The number of benzene rings is 2. The number of nitrogens with zero attached hydrogens (tertiary/aromatic N) is 3. The number of amidine groups is 1. The molecule has 0 fully saturated rings. The van der Waals surface area contributed by atoms with Crippen LogP contribution in [0.25, 0.3) is 6.08 Å². The number of carbonyl (C=O) groups excluding carboxylic acids is 1. The zero-order valence-electron chi connectivity index (χ0n) is 15.0. The van der Waals surface area contributed by atoms with Crippen LogP contribution in [0.2, 0.25) is 0 Å². The summed E-state index contributed by atoms with van der Waals surface area (Å²) in [5.74, 6) is 1.14. The highest BCUT2D eigenvalue weighted by Gasteiger charge is 2.32. The molecule has 2 heterocycles. The number of carbonyl (C=O) groups is 1. The number of aromatic nitrogens is 1. The number of hydrogen-bond acceptors (Lipinski definition) is 4. The molecule has 1 amide bonds. The lowest BCUT2D eigenvalue weighted by atomic mass is 10.1. The van der Waals surface area contributed by atoms with Crippen LogP contribution in [0.1, 0.15) is 11.1 Å². The normalized spacial score (nSPS) is 15.1. The fraction of sp³-hybridized carbons (Fsp3) is 0.0455. The van der Waals surface area contributed by atoms with E-state index in [0.717, 1.165) is 27.0 Å². The number of aliphatic imine (C=N–C) groups is 1. The number of rotatable bonds is 4. The van der Waals surface area contributed by atoms with Crippen LogP contribution in [-0.4, -0.2) is 23.8 Å². The number of anilines is 1. The summed E-state index contributed by atoms with van der Waals surface area (Å²) in [5.41, 5.74) is 2.81. The highest BCUT2D eigenvalue weighted by molar-refractivity contribution is 9.10. The summed E-state index contributed by atoms with van der Waals surface area (Å²) >= 11 is 3.48. The maximum atomic E-state index is 13.2. The Morgan fingerprint density at radius 2 is 1.79 bits per heavy atom. The van der Waals surface area contributed by atoms with Gasteiger partial charge in [-0.3, -0.25) is 14.7 Å². The van der Waals surface area contributed by atoms with Crippen molar-refractivity contribution >= 4 is 39.4 Å². The van der Waals surface area contributed by atoms with Crippen molar-refractivity contribution in [2.45, 2.75) is 0 Å². The van der Waals surface area contributed by atoms with Crippen molar-refractivity contribution < 1.29 is 9.53 Å². The van der Waals surface area contributed by atoms with E-state index in [4.69, 9.17) is 4.74 Å². The van der Waals surface area contributed by atoms with E-state index in [2.05, 4.69) is 25.9 Å². The van der Waals surface area contributed by atoms with Crippen LogP contribution in [0, 0.1) is 0 Å². The lowest BCUT2D eigenvalue weighted by Crippen LogP contribution is -2.32. The predicted octanol–water partition coefficient (Wildman–Crippen LogP) is 4.69. The number of pyridine rings is 1. The van der Waals surface area contributed by atoms with Gasteiger partial charge in [-0.2, -0.15) is 0 Å². The van der Waals surface area contributed by atoms with E-state index in [9.17, 15) is 4.79 Å². The third-order valence-corrected chi connectivity index (χ3v) is 4.78. The summed E-state index contributed by atoms with van der Waals surface area (Å²) in [5, 5.41) is 0. The lowest BCUT2D eigenvalue weighted by molar-refractivity contribution is -0.113. The topological polar surface area (TPSA) is 54.8 Å². The van der Waals surface area contributed by atoms with Crippen molar-refractivity contribution in [3.63, 3.8) is 0 Å². The second-order valence-electron chi connectivity index (χ2n) is 6.09. The number of hydrogen-bond donors (Lipinski definition) is 0. The summed E-state index contributed by atoms with van der Waals surface area (Å²) < 4.78 is 6.12. The molecule has 0 bridgehead atoms. The van der Waals surface area contributed by atoms with Crippen LogP contribution < -0.4 is 9.64 Å². The Balaban J connectivity index is 1.82. The van der Waals surface area contributed by atoms with Gasteiger partial charge in [0.15, 0.2) is 0 Å². The van der Waals surface area contributed by atoms with Gasteiger partial charge in [0.2, 0.25) is 0 Å². The van der Waals surface area contributed by atoms with Crippen LogP contribution >= 0.6 is 15.9 Å². The van der Waals surface area contributed by atoms with Crippen LogP contribution in [-0.2, 0) is 4.79 Å². The van der Waals surface area contributed by atoms with Crippen LogP contribution in [0.3, 0.4) is 0 Å². The van der Waals surface area contributed by atoms with E-state index in [1.807, 2.05) is 60.7 Å². The molecule has 0 unspecified atom stereocenters. The molecule has 6 heteroatoms. The Labute approximate surface area is 171 Å². The molecule has 3 aromatic rings. The third kappa shape index (κ3) is 3.59. The average molecular weight is 434 g/mol. The Bertz CT molecular complexity index is 1080. The monoisotopic (exact) mass is 433 g/mol. The molecule has 0 radical (unpaired) electrons. The van der Waals surface area contributed by atoms with Crippen molar-refractivity contribution in [2.75, 3.05) is 12.0 Å². The van der Waals surface area contributed by atoms with Crippen molar-refractivity contribution in [3.8, 4) is 5.75 Å². The summed E-state index contributed by atoms with van der Waals surface area (Å²) in [4.78, 5) is 23.5. The van der Waals surface area contributed by atoms with Gasteiger partial charge in [0.25, 0.3) is 5.91 Å². The minimum absolute atomic E-state index is 0.180. The Kier molecular flexibility index (Phi) is 5.04. The third-order valence-electron chi connectivity index (χ3n) is 4.28. The van der Waals surface area contributed by atoms with Crippen molar-refractivity contribution in [3.05, 3.63) is 94.4 Å². The molecule has 1 aliphatic heterocycles. The molecule has 4 rings (SSSR count). The van der Waals surface area contributed by atoms with Crippen LogP contribution in [0.4, 0.5) is 5.69 Å². The molecule has 28 heavy (non-hydrogen) atoms. The van der Waals surface area contributed by atoms with Gasteiger partial charge in [0, 0.05) is 22.4 Å². The molecule has 0 saturated carbocycles. The summed E-state index contributed by atoms with van der Waals surface area (Å²) in [6.45, 7) is 0. The zero-order valence-corrected chi connectivity index (χ0v) is 16.6. The molecule has 2 aromatic carbocycles. The fourth-order valence-corrected chi connectivity index (χ4v) is 3.31. The van der Waals surface area contributed by atoms with Gasteiger partial charge in [0.1, 0.15) is 17.3 Å². The van der Waals surface area contributed by atoms with Crippen molar-refractivity contribution in [2.24, 2.45) is 4.99 Å². The quantitative estimate of drug-likeness (QED) is 0.560. The maximum absolute atomic E-state index is 13.2. The van der Waals surface area contributed by atoms with Gasteiger partial charge in [-0.1, -0.05) is 22.0 Å². The van der Waals surface area contributed by atoms with Gasteiger partial charge in [-0.05, 0) is 66.2 Å². The highest BCUT2D eigenvalue weighted by Crippen LogP contribution is 2.30. The second-order valence-corrected chi connectivity index (χ2v) is 7.01. The van der Waals surface area contributed by atoms with E-state index in [1.54, 1.807) is 30.5 Å². The smallest absolute Gasteiger partial charge is 0.282 e. The molecule has 138 valence electrons. The van der Waals surface area contributed by atoms with Crippen molar-refractivity contribution in [1.82, 2.24) is 4.98 Å². The summed E-state index contributed by atoms with van der Waals surface area (Å²) in [7, 11) is 1.62. The lowest BCUT2D eigenvalue weighted by Gasteiger charge is -2.19. The van der Waals surface area contributed by atoms with E-state index in [-0.39, 0.29) is 5.91 Å². The summed E-state index contributed by atoms with van der Waals surface area (Å²) in [6, 6.07) is 18.8. The van der Waals surface area contributed by atoms with Gasteiger partial charge < -0.3 is 4.74 Å². The zero-order chi connectivity index (χ0) is 19.5. The molecular weight excluding hydrogens is 418 g/mol. The Hall–Kier alpha value is -3.25. The average Bonchev–Trinajstić information content (AvgIpc) is 3.05. The van der Waals surface area contributed by atoms with E-state index < -0.39 is 0 Å². The molecule has 0 aliphatic carbocycles. The first-order valence-electron chi connectivity index (χ1n) is 8.60. The van der Waals surface area contributed by atoms with Gasteiger partial charge in [-0.25, -0.2) is 4.99 Å². The minimum Gasteiger partial charge on any atom is -0.497 e.